The number of rotatable bonds is 1. The topological polar surface area (TPSA) is 12.5 Å². The second-order valence-corrected chi connectivity index (χ2v) is 22.9. The molecule has 2 aliphatic carbocycles. The predicted molar refractivity (Wildman–Crippen MR) is 262 cm³/mol. The highest BCUT2D eigenvalue weighted by Crippen LogP contribution is 2.66. The summed E-state index contributed by atoms with van der Waals surface area (Å²) < 4.78 is 7.33. The van der Waals surface area contributed by atoms with Crippen LogP contribution in [0, 0.1) is 13.8 Å². The molecule has 3 heteroatoms. The number of hydrogen-bond acceptors (Lipinski definition) is 2. The number of allylic oxidation sites excluding steroid dienone is 2. The lowest BCUT2D eigenvalue weighted by Gasteiger charge is -2.52. The van der Waals surface area contributed by atoms with Crippen LogP contribution in [0.1, 0.15) is 69.8 Å². The number of benzene rings is 8. The highest BCUT2D eigenvalue weighted by atomic mass is 28.3. The molecule has 0 amide bonds. The van der Waals surface area contributed by atoms with E-state index in [-0.39, 0.29) is 17.4 Å². The van der Waals surface area contributed by atoms with Gasteiger partial charge in [-0.3, -0.25) is 0 Å². The van der Waals surface area contributed by atoms with E-state index in [1.165, 1.54) is 104 Å². The van der Waals surface area contributed by atoms with Crippen molar-refractivity contribution in [3.8, 4) is 28.0 Å². The second-order valence-electron chi connectivity index (χ2n) is 19.2. The Balaban J connectivity index is 1.12. The van der Waals surface area contributed by atoms with Gasteiger partial charge in [0.25, 0.3) is 0 Å². The molecular formula is C60H45NOSi. The summed E-state index contributed by atoms with van der Waals surface area (Å²) in [5.74, 6) is 1.14. The van der Waals surface area contributed by atoms with Gasteiger partial charge in [0.1, 0.15) is 11.9 Å². The highest BCUT2D eigenvalue weighted by molar-refractivity contribution is 7.24. The van der Waals surface area contributed by atoms with Crippen molar-refractivity contribution in [3.63, 3.8) is 0 Å². The molecule has 0 saturated carbocycles. The largest absolute Gasteiger partial charge is 0.483 e. The first-order valence-electron chi connectivity index (χ1n) is 22.6. The van der Waals surface area contributed by atoms with Crippen LogP contribution in [0.15, 0.2) is 188 Å². The van der Waals surface area contributed by atoms with Gasteiger partial charge in [0, 0.05) is 22.6 Å². The zero-order chi connectivity index (χ0) is 42.0. The molecule has 0 saturated heterocycles. The fourth-order valence-electron chi connectivity index (χ4n) is 13.3. The molecule has 14 rings (SSSR count). The van der Waals surface area contributed by atoms with Crippen molar-refractivity contribution in [1.29, 1.82) is 0 Å². The summed E-state index contributed by atoms with van der Waals surface area (Å²) in [5, 5.41) is 5.93. The van der Waals surface area contributed by atoms with Crippen molar-refractivity contribution in [3.05, 3.63) is 238 Å². The Morgan fingerprint density at radius 3 is 1.70 bits per heavy atom. The van der Waals surface area contributed by atoms with Crippen LogP contribution in [0.4, 0.5) is 17.1 Å². The standard InChI is InChI=1S/C60H45NOSi/c1-36-25-30-45-49(33-36)60(50-34-37(2)26-31-46(50)59(45,3)4)47-19-9-10-20-51(47)61(57-48(60)32-29-44-39-15-5-11-21-52(39)62-58(44)57)38-27-28-43-42-18-8-14-24-55(42)63(56(43)35-38)53-22-12-6-16-40(53)41-17-7-13-23-54(41)63/h5-35,39,52H,1-4H3. The van der Waals surface area contributed by atoms with E-state index in [0.29, 0.717) is 0 Å². The van der Waals surface area contributed by atoms with Gasteiger partial charge in [-0.05, 0) is 115 Å². The summed E-state index contributed by atoms with van der Waals surface area (Å²) in [7, 11) is -2.71. The van der Waals surface area contributed by atoms with Gasteiger partial charge in [0.05, 0.1) is 16.8 Å². The molecule has 4 heterocycles. The minimum atomic E-state index is -2.71. The van der Waals surface area contributed by atoms with Crippen LogP contribution >= 0.6 is 0 Å². The molecule has 6 aliphatic rings. The zero-order valence-corrected chi connectivity index (χ0v) is 36.9. The van der Waals surface area contributed by atoms with Crippen molar-refractivity contribution >= 4 is 45.9 Å². The molecule has 2 unspecified atom stereocenters. The van der Waals surface area contributed by atoms with Crippen LogP contribution in [-0.2, 0) is 10.8 Å². The first-order valence-corrected chi connectivity index (χ1v) is 24.6. The van der Waals surface area contributed by atoms with E-state index >= 15 is 0 Å². The molecular weight excluding hydrogens is 779 g/mol. The molecule has 2 atom stereocenters. The van der Waals surface area contributed by atoms with Crippen molar-refractivity contribution in [1.82, 2.24) is 0 Å². The molecule has 2 nitrogen and oxygen atoms in total. The van der Waals surface area contributed by atoms with Crippen molar-refractivity contribution < 1.29 is 4.74 Å². The van der Waals surface area contributed by atoms with E-state index in [9.17, 15) is 0 Å². The molecule has 0 N–H and O–H groups in total. The average molecular weight is 824 g/mol. The van der Waals surface area contributed by atoms with Crippen LogP contribution < -0.4 is 30.4 Å². The molecule has 0 radical (unpaired) electrons. The van der Waals surface area contributed by atoms with Crippen LogP contribution in [0.2, 0.25) is 0 Å². The van der Waals surface area contributed by atoms with Crippen molar-refractivity contribution in [2.24, 2.45) is 0 Å². The van der Waals surface area contributed by atoms with Crippen LogP contribution in [-0.4, -0.2) is 14.2 Å². The van der Waals surface area contributed by atoms with E-state index in [4.69, 9.17) is 4.74 Å². The number of fused-ring (bicyclic) bond motifs is 22. The zero-order valence-electron chi connectivity index (χ0n) is 35.9. The lowest BCUT2D eigenvalue weighted by Crippen LogP contribution is -2.70. The smallest absolute Gasteiger partial charge is 0.182 e. The molecule has 0 aromatic heterocycles. The molecule has 4 aliphatic heterocycles. The van der Waals surface area contributed by atoms with E-state index in [0.717, 1.165) is 11.4 Å². The van der Waals surface area contributed by atoms with Gasteiger partial charge in [-0.1, -0.05) is 189 Å². The fraction of sp³-hybridized carbons (Fsp3) is 0.133. The van der Waals surface area contributed by atoms with Crippen molar-refractivity contribution in [2.75, 3.05) is 4.90 Å². The summed E-state index contributed by atoms with van der Waals surface area (Å²) in [6.07, 6.45) is 8.85. The van der Waals surface area contributed by atoms with Crippen LogP contribution in [0.25, 0.3) is 22.3 Å². The Hall–Kier alpha value is -6.94. The molecule has 2 spiro atoms. The lowest BCUT2D eigenvalue weighted by molar-refractivity contribution is 0.269. The van der Waals surface area contributed by atoms with E-state index in [1.807, 2.05) is 0 Å². The Morgan fingerprint density at radius 1 is 0.492 bits per heavy atom. The highest BCUT2D eigenvalue weighted by Gasteiger charge is 2.57. The van der Waals surface area contributed by atoms with Crippen LogP contribution in [0.3, 0.4) is 0 Å². The first kappa shape index (κ1) is 35.6. The third kappa shape index (κ3) is 4.20. The van der Waals surface area contributed by atoms with Crippen molar-refractivity contribution in [2.45, 2.75) is 50.5 Å². The van der Waals surface area contributed by atoms with E-state index in [1.54, 1.807) is 0 Å². The van der Waals surface area contributed by atoms with Gasteiger partial charge < -0.3 is 9.64 Å². The lowest BCUT2D eigenvalue weighted by atomic mass is 9.52. The number of hydrogen-bond donors (Lipinski definition) is 0. The van der Waals surface area contributed by atoms with Gasteiger partial charge in [0.15, 0.2) is 8.07 Å². The third-order valence-electron chi connectivity index (χ3n) is 15.8. The molecule has 300 valence electrons. The van der Waals surface area contributed by atoms with Gasteiger partial charge in [-0.25, -0.2) is 0 Å². The Morgan fingerprint density at radius 2 is 1.05 bits per heavy atom. The van der Waals surface area contributed by atoms with Gasteiger partial charge in [0.2, 0.25) is 0 Å². The molecule has 0 bridgehead atoms. The maximum absolute atomic E-state index is 7.33. The van der Waals surface area contributed by atoms with Gasteiger partial charge in [-0.2, -0.15) is 0 Å². The Bertz CT molecular complexity index is 3300. The number of para-hydroxylation sites is 1. The average Bonchev–Trinajstić information content (AvgIpc) is 3.94. The van der Waals surface area contributed by atoms with Gasteiger partial charge >= 0.3 is 0 Å². The minimum Gasteiger partial charge on any atom is -0.483 e. The Labute approximate surface area is 370 Å². The van der Waals surface area contributed by atoms with E-state index < -0.39 is 13.5 Å². The number of anilines is 3. The summed E-state index contributed by atoms with van der Waals surface area (Å²) in [5.41, 5.74) is 20.0. The quantitative estimate of drug-likeness (QED) is 0.153. The summed E-state index contributed by atoms with van der Waals surface area (Å²) in [4.78, 5) is 2.60. The fourth-order valence-corrected chi connectivity index (χ4v) is 18.9. The van der Waals surface area contributed by atoms with Crippen LogP contribution in [0.5, 0.6) is 5.75 Å². The number of ether oxygens (including phenoxy) is 1. The SMILES string of the molecule is Cc1ccc2c(c1)C1(c3ccccc3N(c3ccc4c(c3)[Si]3(c5ccccc5-c5ccccc53)c3ccccc3-4)c3c1ccc1c3OC3C=CC=CC13)c1cc(C)ccc1C2(C)C. The Kier molecular flexibility index (Phi) is 6.87. The van der Waals surface area contributed by atoms with E-state index in [2.05, 4.69) is 221 Å². The second kappa shape index (κ2) is 12.2. The summed E-state index contributed by atoms with van der Waals surface area (Å²) in [6, 6.07) is 63.8. The molecule has 8 aromatic rings. The monoisotopic (exact) mass is 823 g/mol. The first-order chi connectivity index (χ1) is 30.8. The molecule has 8 aromatic carbocycles. The number of nitrogens with zero attached hydrogens (tertiary/aromatic N) is 1. The minimum absolute atomic E-state index is 0.0579. The maximum atomic E-state index is 7.33. The van der Waals surface area contributed by atoms with Gasteiger partial charge in [-0.15, -0.1) is 0 Å². The number of aryl methyl sites for hydroxylation is 2. The summed E-state index contributed by atoms with van der Waals surface area (Å²) >= 11 is 0. The third-order valence-corrected chi connectivity index (χ3v) is 20.7. The molecule has 0 fully saturated rings. The normalized spacial score (nSPS) is 19.5. The molecule has 63 heavy (non-hydrogen) atoms. The maximum Gasteiger partial charge on any atom is 0.182 e. The summed E-state index contributed by atoms with van der Waals surface area (Å²) in [6.45, 7) is 9.35. The predicted octanol–water partition coefficient (Wildman–Crippen LogP) is 11.4.